The SMILES string of the molecule is O=C(NC1CC1)c1cc(CNC2CCSC2)cc(NC(=O)c2ccccn2)c1. The van der Waals surface area contributed by atoms with Crippen LogP contribution in [0.1, 0.15) is 45.7 Å². The van der Waals surface area contributed by atoms with E-state index >= 15 is 0 Å². The number of carbonyl (C=O) groups excluding carboxylic acids is 2. The van der Waals surface area contributed by atoms with E-state index in [1.807, 2.05) is 23.9 Å². The monoisotopic (exact) mass is 396 g/mol. The van der Waals surface area contributed by atoms with Crippen LogP contribution in [0.5, 0.6) is 0 Å². The molecule has 1 aliphatic carbocycles. The largest absolute Gasteiger partial charge is 0.349 e. The summed E-state index contributed by atoms with van der Waals surface area (Å²) in [4.78, 5) is 29.1. The van der Waals surface area contributed by atoms with Crippen LogP contribution in [-0.4, -0.2) is 40.4 Å². The van der Waals surface area contributed by atoms with Gasteiger partial charge in [0.05, 0.1) is 0 Å². The Hall–Kier alpha value is -2.38. The molecule has 1 aromatic carbocycles. The summed E-state index contributed by atoms with van der Waals surface area (Å²) in [5, 5.41) is 9.45. The second-order valence-electron chi connectivity index (χ2n) is 7.28. The molecule has 1 atom stereocenters. The number of carbonyl (C=O) groups is 2. The highest BCUT2D eigenvalue weighted by Gasteiger charge is 2.24. The van der Waals surface area contributed by atoms with Gasteiger partial charge in [-0.05, 0) is 60.9 Å². The highest BCUT2D eigenvalue weighted by atomic mass is 32.2. The van der Waals surface area contributed by atoms with Crippen molar-refractivity contribution in [2.24, 2.45) is 0 Å². The molecule has 1 saturated heterocycles. The molecule has 2 aliphatic rings. The number of pyridine rings is 1. The van der Waals surface area contributed by atoms with Gasteiger partial charge in [0.2, 0.25) is 0 Å². The summed E-state index contributed by atoms with van der Waals surface area (Å²) in [6.07, 6.45) is 4.82. The zero-order valence-corrected chi connectivity index (χ0v) is 16.4. The molecule has 2 heterocycles. The molecule has 1 aromatic heterocycles. The molecule has 0 bridgehead atoms. The number of rotatable bonds is 7. The van der Waals surface area contributed by atoms with Crippen molar-refractivity contribution in [3.05, 3.63) is 59.4 Å². The Morgan fingerprint density at radius 2 is 1.96 bits per heavy atom. The van der Waals surface area contributed by atoms with E-state index in [2.05, 4.69) is 20.9 Å². The van der Waals surface area contributed by atoms with Crippen molar-refractivity contribution in [2.75, 3.05) is 16.8 Å². The third-order valence-electron chi connectivity index (χ3n) is 4.85. The van der Waals surface area contributed by atoms with Gasteiger partial charge < -0.3 is 16.0 Å². The second kappa shape index (κ2) is 8.75. The van der Waals surface area contributed by atoms with Crippen molar-refractivity contribution in [1.82, 2.24) is 15.6 Å². The van der Waals surface area contributed by atoms with E-state index < -0.39 is 0 Å². The molecule has 1 unspecified atom stereocenters. The maximum Gasteiger partial charge on any atom is 0.274 e. The lowest BCUT2D eigenvalue weighted by molar-refractivity contribution is 0.0949. The van der Waals surface area contributed by atoms with Crippen LogP contribution in [0.4, 0.5) is 5.69 Å². The van der Waals surface area contributed by atoms with Crippen LogP contribution in [0.25, 0.3) is 0 Å². The van der Waals surface area contributed by atoms with Gasteiger partial charge in [0.1, 0.15) is 5.69 Å². The maximum atomic E-state index is 12.6. The zero-order valence-electron chi connectivity index (χ0n) is 15.6. The average Bonchev–Trinajstić information content (AvgIpc) is 3.37. The van der Waals surface area contributed by atoms with E-state index in [0.717, 1.165) is 30.6 Å². The lowest BCUT2D eigenvalue weighted by Crippen LogP contribution is -2.29. The smallest absolute Gasteiger partial charge is 0.274 e. The molecular formula is C21H24N4O2S. The molecule has 7 heteroatoms. The molecule has 2 fully saturated rings. The summed E-state index contributed by atoms with van der Waals surface area (Å²) >= 11 is 1.96. The molecule has 0 spiro atoms. The standard InChI is InChI=1S/C21H24N4O2S/c26-20(24-16-4-5-16)15-9-14(12-23-17-6-8-28-13-17)10-18(11-15)25-21(27)19-3-1-2-7-22-19/h1-3,7,9-11,16-17,23H,4-6,8,12-13H2,(H,24,26)(H,25,27). The summed E-state index contributed by atoms with van der Waals surface area (Å²) in [7, 11) is 0. The summed E-state index contributed by atoms with van der Waals surface area (Å²) < 4.78 is 0. The van der Waals surface area contributed by atoms with Gasteiger partial charge in [-0.1, -0.05) is 6.07 Å². The summed E-state index contributed by atoms with van der Waals surface area (Å²) in [6.45, 7) is 0.669. The average molecular weight is 397 g/mol. The Morgan fingerprint density at radius 1 is 1.07 bits per heavy atom. The van der Waals surface area contributed by atoms with E-state index in [1.54, 1.807) is 30.5 Å². The minimum Gasteiger partial charge on any atom is -0.349 e. The first kappa shape index (κ1) is 19.0. The summed E-state index contributed by atoms with van der Waals surface area (Å²) in [6, 6.07) is 11.6. The Kier molecular flexibility index (Phi) is 5.92. The molecule has 1 saturated carbocycles. The quantitative estimate of drug-likeness (QED) is 0.670. The highest BCUT2D eigenvalue weighted by molar-refractivity contribution is 7.99. The van der Waals surface area contributed by atoms with E-state index in [9.17, 15) is 9.59 Å². The van der Waals surface area contributed by atoms with Crippen LogP contribution in [0, 0.1) is 0 Å². The summed E-state index contributed by atoms with van der Waals surface area (Å²) in [5.41, 5.74) is 2.51. The number of thioether (sulfide) groups is 1. The van der Waals surface area contributed by atoms with Crippen molar-refractivity contribution in [3.63, 3.8) is 0 Å². The van der Waals surface area contributed by atoms with Crippen molar-refractivity contribution < 1.29 is 9.59 Å². The molecule has 2 aromatic rings. The molecule has 0 radical (unpaired) electrons. The first-order valence-electron chi connectivity index (χ1n) is 9.66. The second-order valence-corrected chi connectivity index (χ2v) is 8.43. The lowest BCUT2D eigenvalue weighted by atomic mass is 10.1. The first-order chi connectivity index (χ1) is 13.7. The molecule has 3 N–H and O–H groups in total. The van der Waals surface area contributed by atoms with Crippen LogP contribution < -0.4 is 16.0 Å². The number of amides is 2. The van der Waals surface area contributed by atoms with Crippen LogP contribution in [0.2, 0.25) is 0 Å². The van der Waals surface area contributed by atoms with Gasteiger partial charge in [-0.15, -0.1) is 0 Å². The molecule has 1 aliphatic heterocycles. The fourth-order valence-electron chi connectivity index (χ4n) is 3.14. The number of nitrogens with zero attached hydrogens (tertiary/aromatic N) is 1. The molecule has 146 valence electrons. The Bertz CT molecular complexity index is 849. The Morgan fingerprint density at radius 3 is 2.68 bits per heavy atom. The van der Waals surface area contributed by atoms with Crippen LogP contribution in [-0.2, 0) is 6.54 Å². The minimum atomic E-state index is -0.286. The van der Waals surface area contributed by atoms with Crippen LogP contribution in [0.15, 0.2) is 42.6 Å². The topological polar surface area (TPSA) is 83.1 Å². The molecule has 4 rings (SSSR count). The van der Waals surface area contributed by atoms with Crippen molar-refractivity contribution in [3.8, 4) is 0 Å². The predicted octanol–water partition coefficient (Wildman–Crippen LogP) is 2.82. The Labute approximate surface area is 168 Å². The fourth-order valence-corrected chi connectivity index (χ4v) is 4.33. The minimum absolute atomic E-state index is 0.0888. The van der Waals surface area contributed by atoms with Gasteiger partial charge in [-0.25, -0.2) is 0 Å². The van der Waals surface area contributed by atoms with Crippen molar-refractivity contribution in [1.29, 1.82) is 0 Å². The van der Waals surface area contributed by atoms with Crippen LogP contribution in [0.3, 0.4) is 0 Å². The van der Waals surface area contributed by atoms with E-state index in [1.165, 1.54) is 5.75 Å². The number of anilines is 1. The Balaban J connectivity index is 1.51. The van der Waals surface area contributed by atoms with E-state index in [-0.39, 0.29) is 17.9 Å². The normalized spacial score (nSPS) is 18.6. The number of hydrogen-bond acceptors (Lipinski definition) is 5. The maximum absolute atomic E-state index is 12.6. The molecule has 2 amide bonds. The molecule has 6 nitrogen and oxygen atoms in total. The lowest BCUT2D eigenvalue weighted by Gasteiger charge is -2.14. The van der Waals surface area contributed by atoms with Gasteiger partial charge >= 0.3 is 0 Å². The van der Waals surface area contributed by atoms with Gasteiger partial charge in [-0.2, -0.15) is 11.8 Å². The van der Waals surface area contributed by atoms with E-state index in [4.69, 9.17) is 0 Å². The highest BCUT2D eigenvalue weighted by Crippen LogP contribution is 2.22. The van der Waals surface area contributed by atoms with Gasteiger partial charge in [0.15, 0.2) is 0 Å². The van der Waals surface area contributed by atoms with E-state index in [0.29, 0.717) is 29.5 Å². The molecule has 28 heavy (non-hydrogen) atoms. The number of aromatic nitrogens is 1. The van der Waals surface area contributed by atoms with Gasteiger partial charge in [0, 0.05) is 41.8 Å². The third-order valence-corrected chi connectivity index (χ3v) is 6.01. The van der Waals surface area contributed by atoms with Gasteiger partial charge in [-0.3, -0.25) is 14.6 Å². The number of hydrogen-bond donors (Lipinski definition) is 3. The van der Waals surface area contributed by atoms with Crippen LogP contribution >= 0.6 is 11.8 Å². The number of benzene rings is 1. The first-order valence-corrected chi connectivity index (χ1v) is 10.8. The van der Waals surface area contributed by atoms with Crippen molar-refractivity contribution >= 4 is 29.3 Å². The fraction of sp³-hybridized carbons (Fsp3) is 0.381. The zero-order chi connectivity index (χ0) is 19.3. The third kappa shape index (κ3) is 5.11. The number of nitrogens with one attached hydrogen (secondary N) is 3. The molecular weight excluding hydrogens is 372 g/mol. The predicted molar refractivity (Wildman–Crippen MR) is 112 cm³/mol. The summed E-state index contributed by atoms with van der Waals surface area (Å²) in [5.74, 6) is 1.93. The van der Waals surface area contributed by atoms with Gasteiger partial charge in [0.25, 0.3) is 11.8 Å². The van der Waals surface area contributed by atoms with Crippen molar-refractivity contribution in [2.45, 2.75) is 37.9 Å².